The molecule has 0 aliphatic carbocycles. The minimum Gasteiger partial charge on any atom is -0.366 e. The summed E-state index contributed by atoms with van der Waals surface area (Å²) in [7, 11) is -2.98. The Bertz CT molecular complexity index is 389. The predicted molar refractivity (Wildman–Crippen MR) is 62.4 cm³/mol. The van der Waals surface area contributed by atoms with Crippen molar-refractivity contribution in [3.05, 3.63) is 0 Å². The molecule has 0 bridgehead atoms. The summed E-state index contributed by atoms with van der Waals surface area (Å²) in [6, 6.07) is -0.258. The maximum Gasteiger partial charge on any atom is 0.253 e. The highest BCUT2D eigenvalue weighted by atomic mass is 32.2. The third kappa shape index (κ3) is 2.97. The van der Waals surface area contributed by atoms with Crippen LogP contribution in [-0.2, 0) is 19.4 Å². The lowest BCUT2D eigenvalue weighted by molar-refractivity contribution is -0.146. The first kappa shape index (κ1) is 12.8. The highest BCUT2D eigenvalue weighted by molar-refractivity contribution is 7.91. The average Bonchev–Trinajstić information content (AvgIpc) is 2.28. The first-order chi connectivity index (χ1) is 7.99. The molecule has 2 aliphatic heterocycles. The van der Waals surface area contributed by atoms with E-state index in [-0.39, 0.29) is 30.0 Å². The Morgan fingerprint density at radius 1 is 1.47 bits per heavy atom. The summed E-state index contributed by atoms with van der Waals surface area (Å²) >= 11 is 0. The third-order valence-corrected chi connectivity index (χ3v) is 4.95. The van der Waals surface area contributed by atoms with E-state index in [0.29, 0.717) is 13.2 Å². The van der Waals surface area contributed by atoms with Gasteiger partial charge in [0.15, 0.2) is 9.84 Å². The number of carbonyl (C=O) groups is 1. The largest absolute Gasteiger partial charge is 0.366 e. The Kier molecular flexibility index (Phi) is 3.70. The topological polar surface area (TPSA) is 75.7 Å². The maximum absolute atomic E-state index is 12.1. The molecule has 2 aliphatic rings. The van der Waals surface area contributed by atoms with Gasteiger partial charge >= 0.3 is 0 Å². The zero-order chi connectivity index (χ0) is 12.5. The fraction of sp³-hybridized carbons (Fsp3) is 0.900. The molecular formula is C10H18N2O4S. The molecule has 6 nitrogen and oxygen atoms in total. The first-order valence-corrected chi connectivity index (χ1v) is 7.65. The number of nitrogens with zero attached hydrogens (tertiary/aromatic N) is 1. The van der Waals surface area contributed by atoms with Crippen molar-refractivity contribution in [1.29, 1.82) is 0 Å². The van der Waals surface area contributed by atoms with Crippen molar-refractivity contribution in [2.75, 3.05) is 37.7 Å². The van der Waals surface area contributed by atoms with Gasteiger partial charge in [-0.2, -0.15) is 0 Å². The Morgan fingerprint density at radius 3 is 2.82 bits per heavy atom. The predicted octanol–water partition coefficient (Wildman–Crippen LogP) is -1.38. The molecule has 2 unspecified atom stereocenters. The first-order valence-electron chi connectivity index (χ1n) is 5.83. The van der Waals surface area contributed by atoms with Crippen molar-refractivity contribution >= 4 is 15.7 Å². The van der Waals surface area contributed by atoms with Crippen LogP contribution in [0.2, 0.25) is 0 Å². The summed E-state index contributed by atoms with van der Waals surface area (Å²) in [5.74, 6) is 0.0156. The molecule has 0 radical (unpaired) electrons. The molecule has 0 aromatic carbocycles. The second-order valence-electron chi connectivity index (χ2n) is 4.56. The summed E-state index contributed by atoms with van der Waals surface area (Å²) in [6.07, 6.45) is -0.466. The average molecular weight is 262 g/mol. The van der Waals surface area contributed by atoms with Crippen LogP contribution in [0.4, 0.5) is 0 Å². The van der Waals surface area contributed by atoms with E-state index < -0.39 is 15.9 Å². The van der Waals surface area contributed by atoms with Gasteiger partial charge in [0.25, 0.3) is 5.91 Å². The molecule has 7 heteroatoms. The van der Waals surface area contributed by atoms with Gasteiger partial charge in [-0.05, 0) is 6.92 Å². The molecule has 17 heavy (non-hydrogen) atoms. The zero-order valence-corrected chi connectivity index (χ0v) is 10.7. The van der Waals surface area contributed by atoms with E-state index in [0.717, 1.165) is 6.54 Å². The fourth-order valence-electron chi connectivity index (χ4n) is 2.24. The number of sulfone groups is 1. The fourth-order valence-corrected chi connectivity index (χ4v) is 3.79. The van der Waals surface area contributed by atoms with Gasteiger partial charge in [0, 0.05) is 25.7 Å². The molecule has 1 N–H and O–H groups in total. The number of rotatable bonds is 1. The highest BCUT2D eigenvalue weighted by Gasteiger charge is 2.35. The van der Waals surface area contributed by atoms with E-state index in [1.165, 1.54) is 0 Å². The van der Waals surface area contributed by atoms with Crippen molar-refractivity contribution in [3.63, 3.8) is 0 Å². The second kappa shape index (κ2) is 4.91. The summed E-state index contributed by atoms with van der Waals surface area (Å²) in [6.45, 7) is 3.84. The standard InChI is InChI=1S/C10H18N2O4S/c1-8-7-17(14,15)5-3-12(8)10(13)9-6-11-2-4-16-9/h8-9,11H,2-7H2,1H3. The number of morpholine rings is 1. The van der Waals surface area contributed by atoms with Crippen LogP contribution in [0.3, 0.4) is 0 Å². The van der Waals surface area contributed by atoms with Gasteiger partial charge in [0.05, 0.1) is 18.1 Å². The van der Waals surface area contributed by atoms with E-state index in [1.54, 1.807) is 11.8 Å². The number of nitrogens with one attached hydrogen (secondary N) is 1. The minimum atomic E-state index is -2.98. The smallest absolute Gasteiger partial charge is 0.253 e. The lowest BCUT2D eigenvalue weighted by Gasteiger charge is -2.36. The highest BCUT2D eigenvalue weighted by Crippen LogP contribution is 2.14. The number of carbonyl (C=O) groups excluding carboxylic acids is 1. The lowest BCUT2D eigenvalue weighted by Crippen LogP contribution is -2.56. The van der Waals surface area contributed by atoms with E-state index in [1.807, 2.05) is 0 Å². The Balaban J connectivity index is 2.00. The van der Waals surface area contributed by atoms with Crippen LogP contribution in [-0.4, -0.2) is 69.1 Å². The normalized spacial score (nSPS) is 33.4. The van der Waals surface area contributed by atoms with Crippen LogP contribution in [0.1, 0.15) is 6.92 Å². The maximum atomic E-state index is 12.1. The number of hydrogen-bond acceptors (Lipinski definition) is 5. The third-order valence-electron chi connectivity index (χ3n) is 3.16. The Labute approximate surface area is 101 Å². The molecule has 2 heterocycles. The molecule has 2 rings (SSSR count). The van der Waals surface area contributed by atoms with E-state index in [2.05, 4.69) is 5.32 Å². The van der Waals surface area contributed by atoms with Gasteiger partial charge < -0.3 is 15.0 Å². The number of hydrogen-bond donors (Lipinski definition) is 1. The van der Waals surface area contributed by atoms with Crippen LogP contribution in [0, 0.1) is 0 Å². The second-order valence-corrected chi connectivity index (χ2v) is 6.79. The monoisotopic (exact) mass is 262 g/mol. The van der Waals surface area contributed by atoms with Crippen LogP contribution < -0.4 is 5.32 Å². The molecule has 0 spiro atoms. The molecule has 0 aromatic heterocycles. The van der Waals surface area contributed by atoms with Gasteiger partial charge in [-0.3, -0.25) is 4.79 Å². The lowest BCUT2D eigenvalue weighted by atomic mass is 10.2. The molecule has 2 atom stereocenters. The van der Waals surface area contributed by atoms with Crippen LogP contribution in [0.5, 0.6) is 0 Å². The van der Waals surface area contributed by atoms with Gasteiger partial charge in [0.1, 0.15) is 6.10 Å². The van der Waals surface area contributed by atoms with Crippen LogP contribution >= 0.6 is 0 Å². The van der Waals surface area contributed by atoms with Crippen molar-refractivity contribution in [2.45, 2.75) is 19.1 Å². The Morgan fingerprint density at radius 2 is 2.24 bits per heavy atom. The van der Waals surface area contributed by atoms with Gasteiger partial charge in [-0.15, -0.1) is 0 Å². The Hall–Kier alpha value is -0.660. The summed E-state index contributed by atoms with van der Waals surface area (Å²) in [5, 5.41) is 3.10. The summed E-state index contributed by atoms with van der Waals surface area (Å²) < 4.78 is 28.2. The zero-order valence-electron chi connectivity index (χ0n) is 9.89. The van der Waals surface area contributed by atoms with Crippen molar-refractivity contribution in [2.24, 2.45) is 0 Å². The molecule has 0 aromatic rings. The van der Waals surface area contributed by atoms with Gasteiger partial charge in [-0.1, -0.05) is 0 Å². The number of ether oxygens (including phenoxy) is 1. The quantitative estimate of drug-likeness (QED) is 0.630. The minimum absolute atomic E-state index is 0.0545. The van der Waals surface area contributed by atoms with Crippen molar-refractivity contribution in [1.82, 2.24) is 10.2 Å². The van der Waals surface area contributed by atoms with Gasteiger partial charge in [-0.25, -0.2) is 8.42 Å². The van der Waals surface area contributed by atoms with Crippen molar-refractivity contribution < 1.29 is 17.9 Å². The molecule has 1 amide bonds. The summed E-state index contributed by atoms with van der Waals surface area (Å²) in [5.41, 5.74) is 0. The van der Waals surface area contributed by atoms with Crippen molar-refractivity contribution in [3.8, 4) is 0 Å². The van der Waals surface area contributed by atoms with E-state index >= 15 is 0 Å². The number of amides is 1. The summed E-state index contributed by atoms with van der Waals surface area (Å²) in [4.78, 5) is 13.8. The van der Waals surface area contributed by atoms with Crippen LogP contribution in [0.15, 0.2) is 0 Å². The molecule has 2 fully saturated rings. The van der Waals surface area contributed by atoms with E-state index in [9.17, 15) is 13.2 Å². The SMILES string of the molecule is CC1CS(=O)(=O)CCN1C(=O)C1CNCCO1. The molecular weight excluding hydrogens is 244 g/mol. The molecule has 0 saturated carbocycles. The van der Waals surface area contributed by atoms with Gasteiger partial charge in [0.2, 0.25) is 0 Å². The van der Waals surface area contributed by atoms with E-state index in [4.69, 9.17) is 4.74 Å². The molecule has 2 saturated heterocycles. The van der Waals surface area contributed by atoms with Crippen LogP contribution in [0.25, 0.3) is 0 Å². The molecule has 98 valence electrons.